The summed E-state index contributed by atoms with van der Waals surface area (Å²) in [5, 5.41) is 19.0. The van der Waals surface area contributed by atoms with Crippen LogP contribution < -0.4 is 29.6 Å². The topological polar surface area (TPSA) is 70.7 Å². The summed E-state index contributed by atoms with van der Waals surface area (Å²) in [6, 6.07) is 0. The molecule has 5 heteroatoms. The summed E-state index contributed by atoms with van der Waals surface area (Å²) in [4.78, 5) is 10.9. The van der Waals surface area contributed by atoms with Gasteiger partial charge in [-0.05, 0) is 18.8 Å². The number of rotatable bonds is 1. The number of aromatic carboxylic acids is 1. The fourth-order valence-corrected chi connectivity index (χ4v) is 2.49. The van der Waals surface area contributed by atoms with E-state index in [4.69, 9.17) is 9.52 Å². The first kappa shape index (κ1) is 14.8. The second-order valence-electron chi connectivity index (χ2n) is 5.26. The molecule has 1 heterocycles. The number of fused-ring (bicyclic) bond motifs is 1. The summed E-state index contributed by atoms with van der Waals surface area (Å²) in [6.45, 7) is 5.77. The van der Waals surface area contributed by atoms with Crippen LogP contribution in [0, 0.1) is 12.3 Å². The predicted octanol–water partition coefficient (Wildman–Crippen LogP) is -0.704. The number of furan rings is 1. The zero-order chi connectivity index (χ0) is 12.1. The van der Waals surface area contributed by atoms with Crippen molar-refractivity contribution in [2.24, 2.45) is 5.41 Å². The molecule has 0 saturated heterocycles. The monoisotopic (exact) mass is 247 g/mol. The van der Waals surface area contributed by atoms with Gasteiger partial charge in [-0.3, -0.25) is 0 Å². The van der Waals surface area contributed by atoms with Crippen molar-refractivity contribution in [1.82, 2.24) is 0 Å². The molecule has 88 valence electrons. The molecule has 2 N–H and O–H groups in total. The van der Waals surface area contributed by atoms with Crippen LogP contribution in [0.15, 0.2) is 4.42 Å². The Morgan fingerprint density at radius 3 is 2.59 bits per heavy atom. The van der Waals surface area contributed by atoms with Crippen molar-refractivity contribution < 1.29 is 49.0 Å². The van der Waals surface area contributed by atoms with Gasteiger partial charge in [-0.25, -0.2) is 4.79 Å². The number of aliphatic hydroxyl groups is 1. The van der Waals surface area contributed by atoms with E-state index < -0.39 is 12.1 Å². The van der Waals surface area contributed by atoms with E-state index >= 15 is 0 Å². The number of hydrogen-bond acceptors (Lipinski definition) is 3. The molecule has 4 nitrogen and oxygen atoms in total. The van der Waals surface area contributed by atoms with E-state index in [1.54, 1.807) is 6.92 Å². The molecular weight excluding hydrogens is 231 g/mol. The molecule has 0 amide bonds. The average molecular weight is 247 g/mol. The summed E-state index contributed by atoms with van der Waals surface area (Å²) in [5.74, 6) is -0.489. The van der Waals surface area contributed by atoms with Gasteiger partial charge in [0, 0.05) is 17.5 Å². The van der Waals surface area contributed by atoms with Gasteiger partial charge in [0.25, 0.3) is 0 Å². The molecule has 0 spiro atoms. The molecule has 0 saturated carbocycles. The number of carbonyl (C=O) groups is 1. The van der Waals surface area contributed by atoms with Crippen LogP contribution in [0.4, 0.5) is 0 Å². The van der Waals surface area contributed by atoms with Crippen molar-refractivity contribution in [2.45, 2.75) is 39.7 Å². The molecule has 0 bridgehead atoms. The Morgan fingerprint density at radius 1 is 1.47 bits per heavy atom. The minimum atomic E-state index is -1.07. The van der Waals surface area contributed by atoms with E-state index in [1.165, 1.54) is 0 Å². The third-order valence-corrected chi connectivity index (χ3v) is 3.18. The predicted molar refractivity (Wildman–Crippen MR) is 57.5 cm³/mol. The Balaban J connectivity index is 0.00000144. The second kappa shape index (κ2) is 4.76. The minimum absolute atomic E-state index is 0. The zero-order valence-electron chi connectivity index (χ0n) is 10.7. The molecule has 1 aromatic heterocycles. The van der Waals surface area contributed by atoms with Crippen LogP contribution in [-0.4, -0.2) is 16.2 Å². The summed E-state index contributed by atoms with van der Waals surface area (Å²) in [6.07, 6.45) is 0.697. The molecule has 0 aromatic carbocycles. The van der Waals surface area contributed by atoms with Gasteiger partial charge in [0.05, 0.1) is 6.10 Å². The summed E-state index contributed by atoms with van der Waals surface area (Å²) < 4.78 is 5.34. The third kappa shape index (κ3) is 2.60. The van der Waals surface area contributed by atoms with E-state index in [0.29, 0.717) is 29.7 Å². The first-order valence-corrected chi connectivity index (χ1v) is 5.35. The van der Waals surface area contributed by atoms with Gasteiger partial charge in [-0.1, -0.05) is 13.8 Å². The standard InChI is InChI=1S/C12H16O4.Na/c1-6-9-7(13)4-12(2,3)5-8(9)16-10(6)11(14)15;/h7,13H,4-5H2,1-3H3,(H,14,15);/q;+1. The first-order valence-electron chi connectivity index (χ1n) is 5.35. The fraction of sp³-hybridized carbons (Fsp3) is 0.583. The van der Waals surface area contributed by atoms with Crippen LogP contribution in [0.5, 0.6) is 0 Å². The van der Waals surface area contributed by atoms with Crippen LogP contribution in [0.3, 0.4) is 0 Å². The van der Waals surface area contributed by atoms with Gasteiger partial charge >= 0.3 is 35.5 Å². The van der Waals surface area contributed by atoms with E-state index in [1.807, 2.05) is 13.8 Å². The van der Waals surface area contributed by atoms with Gasteiger partial charge in [0.2, 0.25) is 5.76 Å². The van der Waals surface area contributed by atoms with Gasteiger partial charge in [-0.15, -0.1) is 0 Å². The molecule has 0 aliphatic heterocycles. The average Bonchev–Trinajstić information content (AvgIpc) is 2.40. The summed E-state index contributed by atoms with van der Waals surface area (Å²) >= 11 is 0. The molecule has 1 aliphatic rings. The van der Waals surface area contributed by atoms with E-state index in [-0.39, 0.29) is 40.7 Å². The number of carboxylic acid groups (broad SMARTS) is 1. The number of hydrogen-bond donors (Lipinski definition) is 2. The van der Waals surface area contributed by atoms with E-state index in [9.17, 15) is 9.90 Å². The molecule has 1 atom stereocenters. The maximum Gasteiger partial charge on any atom is 1.00 e. The largest absolute Gasteiger partial charge is 1.00 e. The van der Waals surface area contributed by atoms with Crippen LogP contribution >= 0.6 is 0 Å². The SMILES string of the molecule is Cc1c(C(=O)O)oc2c1C(O)CC(C)(C)C2.[Na+]. The number of aliphatic hydroxyl groups excluding tert-OH is 1. The van der Waals surface area contributed by atoms with Crippen molar-refractivity contribution >= 4 is 5.97 Å². The zero-order valence-corrected chi connectivity index (χ0v) is 12.7. The quantitative estimate of drug-likeness (QED) is 0.644. The second-order valence-corrected chi connectivity index (χ2v) is 5.26. The minimum Gasteiger partial charge on any atom is -0.475 e. The first-order chi connectivity index (χ1) is 7.32. The third-order valence-electron chi connectivity index (χ3n) is 3.18. The van der Waals surface area contributed by atoms with Crippen molar-refractivity contribution in [3.8, 4) is 0 Å². The fourth-order valence-electron chi connectivity index (χ4n) is 2.49. The van der Waals surface area contributed by atoms with Gasteiger partial charge in [0.1, 0.15) is 5.76 Å². The molecule has 0 fully saturated rings. The summed E-state index contributed by atoms with van der Waals surface area (Å²) in [5.41, 5.74) is 1.19. The van der Waals surface area contributed by atoms with E-state index in [0.717, 1.165) is 0 Å². The number of carboxylic acids is 1. The van der Waals surface area contributed by atoms with Crippen molar-refractivity contribution in [2.75, 3.05) is 0 Å². The molecule has 2 rings (SSSR count). The molecule has 17 heavy (non-hydrogen) atoms. The molecule has 1 aromatic rings. The van der Waals surface area contributed by atoms with Crippen LogP contribution in [-0.2, 0) is 6.42 Å². The Labute approximate surface area is 122 Å². The van der Waals surface area contributed by atoms with Crippen LogP contribution in [0.1, 0.15) is 53.8 Å². The molecule has 1 aliphatic carbocycles. The van der Waals surface area contributed by atoms with Crippen LogP contribution in [0.2, 0.25) is 0 Å². The maximum atomic E-state index is 10.9. The maximum absolute atomic E-state index is 10.9. The van der Waals surface area contributed by atoms with Crippen LogP contribution in [0.25, 0.3) is 0 Å². The molecular formula is C12H16NaO4+. The Bertz CT molecular complexity index is 448. The molecule has 1 unspecified atom stereocenters. The van der Waals surface area contributed by atoms with Gasteiger partial charge in [-0.2, -0.15) is 0 Å². The molecule has 0 radical (unpaired) electrons. The van der Waals surface area contributed by atoms with Crippen molar-refractivity contribution in [3.05, 3.63) is 22.6 Å². The van der Waals surface area contributed by atoms with E-state index in [2.05, 4.69) is 0 Å². The normalized spacial score (nSPS) is 21.5. The Hall–Kier alpha value is -0.290. The van der Waals surface area contributed by atoms with Gasteiger partial charge < -0.3 is 14.6 Å². The Morgan fingerprint density at radius 2 is 2.06 bits per heavy atom. The van der Waals surface area contributed by atoms with Crippen molar-refractivity contribution in [3.63, 3.8) is 0 Å². The van der Waals surface area contributed by atoms with Crippen molar-refractivity contribution in [1.29, 1.82) is 0 Å². The summed E-state index contributed by atoms with van der Waals surface area (Å²) in [7, 11) is 0. The Kier molecular flexibility index (Phi) is 4.14. The van der Waals surface area contributed by atoms with Gasteiger partial charge in [0.15, 0.2) is 0 Å². The smallest absolute Gasteiger partial charge is 0.475 e.